The van der Waals surface area contributed by atoms with E-state index in [-0.39, 0.29) is 6.04 Å². The highest BCUT2D eigenvalue weighted by atomic mass is 35.5. The zero-order valence-corrected chi connectivity index (χ0v) is 13.6. The monoisotopic (exact) mass is 303 g/mol. The number of hydrogen-bond acceptors (Lipinski definition) is 2. The molecule has 3 heteroatoms. The van der Waals surface area contributed by atoms with Gasteiger partial charge >= 0.3 is 0 Å². The highest BCUT2D eigenvalue weighted by Gasteiger charge is 2.14. The summed E-state index contributed by atoms with van der Waals surface area (Å²) in [6, 6.07) is 14.2. The van der Waals surface area contributed by atoms with E-state index in [0.29, 0.717) is 6.61 Å². The molecule has 0 saturated heterocycles. The number of aryl methyl sites for hydroxylation is 2. The minimum Gasteiger partial charge on any atom is -0.492 e. The van der Waals surface area contributed by atoms with Crippen LogP contribution in [0.2, 0.25) is 5.02 Å². The Labute approximate surface area is 132 Å². The summed E-state index contributed by atoms with van der Waals surface area (Å²) in [6.07, 6.45) is 0. The molecule has 1 atom stereocenters. The van der Waals surface area contributed by atoms with Gasteiger partial charge in [0.2, 0.25) is 0 Å². The van der Waals surface area contributed by atoms with Crippen molar-refractivity contribution in [1.82, 2.24) is 5.32 Å². The second-order valence-electron chi connectivity index (χ2n) is 5.24. The number of rotatable bonds is 6. The summed E-state index contributed by atoms with van der Waals surface area (Å²) in [7, 11) is 0. The maximum Gasteiger partial charge on any atom is 0.119 e. The van der Waals surface area contributed by atoms with Crippen molar-refractivity contribution in [3.8, 4) is 5.75 Å². The molecule has 0 amide bonds. The molecular weight excluding hydrogens is 282 g/mol. The third-order valence-corrected chi connectivity index (χ3v) is 3.74. The Bertz CT molecular complexity index is 580. The first kappa shape index (κ1) is 15.9. The topological polar surface area (TPSA) is 21.3 Å². The zero-order valence-electron chi connectivity index (χ0n) is 12.8. The Morgan fingerprint density at radius 1 is 1.10 bits per heavy atom. The molecule has 0 aromatic heterocycles. The summed E-state index contributed by atoms with van der Waals surface area (Å²) >= 11 is 5.89. The molecule has 0 heterocycles. The van der Waals surface area contributed by atoms with E-state index < -0.39 is 0 Å². The molecule has 1 unspecified atom stereocenters. The summed E-state index contributed by atoms with van der Waals surface area (Å²) in [6.45, 7) is 7.87. The Balaban J connectivity index is 2.11. The van der Waals surface area contributed by atoms with Crippen molar-refractivity contribution in [2.45, 2.75) is 26.8 Å². The van der Waals surface area contributed by atoms with Gasteiger partial charge in [0, 0.05) is 5.02 Å². The van der Waals surface area contributed by atoms with Gasteiger partial charge in [-0.05, 0) is 55.8 Å². The van der Waals surface area contributed by atoms with Crippen molar-refractivity contribution < 1.29 is 4.74 Å². The minimum atomic E-state index is 0.186. The Kier molecular flexibility index (Phi) is 5.66. The van der Waals surface area contributed by atoms with Gasteiger partial charge in [-0.25, -0.2) is 0 Å². The first-order valence-corrected chi connectivity index (χ1v) is 7.67. The van der Waals surface area contributed by atoms with Gasteiger partial charge in [0.1, 0.15) is 12.4 Å². The molecule has 0 bridgehead atoms. The van der Waals surface area contributed by atoms with Gasteiger partial charge in [-0.2, -0.15) is 0 Å². The van der Waals surface area contributed by atoms with Crippen molar-refractivity contribution in [1.29, 1.82) is 0 Å². The maximum absolute atomic E-state index is 5.90. The van der Waals surface area contributed by atoms with Crippen LogP contribution in [0.5, 0.6) is 5.75 Å². The molecule has 1 N–H and O–H groups in total. The standard InChI is InChI=1S/C18H22ClNO/c1-4-20-18(17-11-13(2)5-6-14(17)3)12-21-16-9-7-15(19)8-10-16/h5-11,18,20H,4,12H2,1-3H3. The van der Waals surface area contributed by atoms with E-state index in [1.54, 1.807) is 0 Å². The Morgan fingerprint density at radius 3 is 2.48 bits per heavy atom. The largest absolute Gasteiger partial charge is 0.492 e. The van der Waals surface area contributed by atoms with Crippen LogP contribution in [0.3, 0.4) is 0 Å². The number of ether oxygens (including phenoxy) is 1. The van der Waals surface area contributed by atoms with Crippen molar-refractivity contribution in [2.75, 3.05) is 13.2 Å². The molecule has 0 aliphatic rings. The molecule has 21 heavy (non-hydrogen) atoms. The van der Waals surface area contributed by atoms with Crippen LogP contribution >= 0.6 is 11.6 Å². The first-order valence-electron chi connectivity index (χ1n) is 7.29. The average Bonchev–Trinajstić information content (AvgIpc) is 2.48. The van der Waals surface area contributed by atoms with E-state index in [1.165, 1.54) is 16.7 Å². The Hall–Kier alpha value is -1.51. The second-order valence-corrected chi connectivity index (χ2v) is 5.67. The van der Waals surface area contributed by atoms with Gasteiger partial charge in [-0.3, -0.25) is 0 Å². The van der Waals surface area contributed by atoms with Crippen molar-refractivity contribution in [3.05, 3.63) is 64.2 Å². The third-order valence-electron chi connectivity index (χ3n) is 3.49. The highest BCUT2D eigenvalue weighted by Crippen LogP contribution is 2.22. The first-order chi connectivity index (χ1) is 10.1. The van der Waals surface area contributed by atoms with Crippen LogP contribution in [0, 0.1) is 13.8 Å². The van der Waals surface area contributed by atoms with Crippen LogP contribution in [-0.2, 0) is 0 Å². The SMILES string of the molecule is CCNC(COc1ccc(Cl)cc1)c1cc(C)ccc1C. The van der Waals surface area contributed by atoms with Crippen LogP contribution in [-0.4, -0.2) is 13.2 Å². The van der Waals surface area contributed by atoms with Crippen LogP contribution in [0.15, 0.2) is 42.5 Å². The summed E-state index contributed by atoms with van der Waals surface area (Å²) in [4.78, 5) is 0. The molecule has 2 nitrogen and oxygen atoms in total. The van der Waals surface area contributed by atoms with E-state index >= 15 is 0 Å². The van der Waals surface area contributed by atoms with Crippen LogP contribution < -0.4 is 10.1 Å². The fourth-order valence-electron chi connectivity index (χ4n) is 2.35. The van der Waals surface area contributed by atoms with E-state index in [4.69, 9.17) is 16.3 Å². The number of benzene rings is 2. The van der Waals surface area contributed by atoms with E-state index in [2.05, 4.69) is 44.3 Å². The lowest BCUT2D eigenvalue weighted by atomic mass is 9.99. The molecule has 0 radical (unpaired) electrons. The molecule has 0 spiro atoms. The summed E-state index contributed by atoms with van der Waals surface area (Å²) in [5, 5.41) is 4.22. The quantitative estimate of drug-likeness (QED) is 0.836. The van der Waals surface area contributed by atoms with Gasteiger partial charge in [-0.15, -0.1) is 0 Å². The summed E-state index contributed by atoms with van der Waals surface area (Å²) < 4.78 is 5.90. The van der Waals surface area contributed by atoms with E-state index in [1.807, 2.05) is 24.3 Å². The number of halogens is 1. The molecular formula is C18H22ClNO. The van der Waals surface area contributed by atoms with Gasteiger partial charge in [0.05, 0.1) is 6.04 Å². The molecule has 112 valence electrons. The summed E-state index contributed by atoms with van der Waals surface area (Å²) in [5.74, 6) is 0.840. The third kappa shape index (κ3) is 4.48. The molecule has 0 fully saturated rings. The van der Waals surface area contributed by atoms with E-state index in [0.717, 1.165) is 17.3 Å². The minimum absolute atomic E-state index is 0.186. The second kappa shape index (κ2) is 7.48. The van der Waals surface area contributed by atoms with Crippen molar-refractivity contribution >= 4 is 11.6 Å². The number of hydrogen-bond donors (Lipinski definition) is 1. The fourth-order valence-corrected chi connectivity index (χ4v) is 2.48. The maximum atomic E-state index is 5.90. The normalized spacial score (nSPS) is 12.2. The molecule has 2 rings (SSSR count). The van der Waals surface area contributed by atoms with Gasteiger partial charge in [0.15, 0.2) is 0 Å². The fraction of sp³-hybridized carbons (Fsp3) is 0.333. The lowest BCUT2D eigenvalue weighted by Crippen LogP contribution is -2.27. The van der Waals surface area contributed by atoms with Crippen molar-refractivity contribution in [2.24, 2.45) is 0 Å². The number of nitrogens with one attached hydrogen (secondary N) is 1. The van der Waals surface area contributed by atoms with Gasteiger partial charge < -0.3 is 10.1 Å². The van der Waals surface area contributed by atoms with Crippen LogP contribution in [0.4, 0.5) is 0 Å². The lowest BCUT2D eigenvalue weighted by molar-refractivity contribution is 0.267. The molecule has 2 aromatic rings. The predicted octanol–water partition coefficient (Wildman–Crippen LogP) is 4.69. The molecule has 0 saturated carbocycles. The smallest absolute Gasteiger partial charge is 0.119 e. The van der Waals surface area contributed by atoms with Gasteiger partial charge in [0.25, 0.3) is 0 Å². The zero-order chi connectivity index (χ0) is 15.2. The lowest BCUT2D eigenvalue weighted by Gasteiger charge is -2.21. The van der Waals surface area contributed by atoms with Crippen molar-refractivity contribution in [3.63, 3.8) is 0 Å². The molecule has 0 aliphatic heterocycles. The van der Waals surface area contributed by atoms with Gasteiger partial charge in [-0.1, -0.05) is 42.3 Å². The molecule has 2 aromatic carbocycles. The number of likely N-dealkylation sites (N-methyl/N-ethyl adjacent to an activating group) is 1. The van der Waals surface area contributed by atoms with E-state index in [9.17, 15) is 0 Å². The average molecular weight is 304 g/mol. The highest BCUT2D eigenvalue weighted by molar-refractivity contribution is 6.30. The van der Waals surface area contributed by atoms with Crippen LogP contribution in [0.25, 0.3) is 0 Å². The predicted molar refractivity (Wildman–Crippen MR) is 89.3 cm³/mol. The van der Waals surface area contributed by atoms with Crippen LogP contribution in [0.1, 0.15) is 29.7 Å². The summed E-state index contributed by atoms with van der Waals surface area (Å²) in [5.41, 5.74) is 3.85. The molecule has 0 aliphatic carbocycles. The Morgan fingerprint density at radius 2 is 1.81 bits per heavy atom.